The summed E-state index contributed by atoms with van der Waals surface area (Å²) in [6.07, 6.45) is 0.570. The third-order valence-corrected chi connectivity index (χ3v) is 5.51. The van der Waals surface area contributed by atoms with Crippen LogP contribution in [-0.2, 0) is 10.0 Å². The van der Waals surface area contributed by atoms with Crippen molar-refractivity contribution in [2.45, 2.75) is 18.2 Å². The van der Waals surface area contributed by atoms with E-state index in [2.05, 4.69) is 10.5 Å². The first-order valence-corrected chi connectivity index (χ1v) is 9.38. The Bertz CT molecular complexity index is 920. The van der Waals surface area contributed by atoms with Crippen LogP contribution >= 0.6 is 0 Å². The molecule has 0 heterocycles. The summed E-state index contributed by atoms with van der Waals surface area (Å²) in [6.45, 7) is 1.89. The summed E-state index contributed by atoms with van der Waals surface area (Å²) >= 11 is 0. The maximum absolute atomic E-state index is 12.3. The molecule has 0 aromatic heterocycles. The summed E-state index contributed by atoms with van der Waals surface area (Å²) in [5.41, 5.74) is 4.05. The Labute approximate surface area is 153 Å². The maximum Gasteiger partial charge on any atom is 0.271 e. The predicted octanol–water partition coefficient (Wildman–Crippen LogP) is 2.19. The van der Waals surface area contributed by atoms with Crippen molar-refractivity contribution < 1.29 is 18.3 Å². The van der Waals surface area contributed by atoms with Gasteiger partial charge in [-0.1, -0.05) is 13.0 Å². The fourth-order valence-electron chi connectivity index (χ4n) is 2.19. The average Bonchev–Trinajstić information content (AvgIpc) is 2.63. The summed E-state index contributed by atoms with van der Waals surface area (Å²) in [5.74, 6) is -0.363. The van der Waals surface area contributed by atoms with Crippen molar-refractivity contribution in [3.05, 3.63) is 59.7 Å². The zero-order valence-corrected chi connectivity index (χ0v) is 15.6. The van der Waals surface area contributed by atoms with Gasteiger partial charge in [0.25, 0.3) is 5.91 Å². The summed E-state index contributed by atoms with van der Waals surface area (Å²) < 4.78 is 25.4. The lowest BCUT2D eigenvalue weighted by Crippen LogP contribution is -2.23. The molecule has 0 saturated carbocycles. The Hall–Kier alpha value is -2.71. The Kier molecular flexibility index (Phi) is 6.12. The van der Waals surface area contributed by atoms with Gasteiger partial charge >= 0.3 is 0 Å². The van der Waals surface area contributed by atoms with Crippen molar-refractivity contribution in [2.75, 3.05) is 14.1 Å². The van der Waals surface area contributed by atoms with Gasteiger partial charge in [-0.15, -0.1) is 0 Å². The van der Waals surface area contributed by atoms with Gasteiger partial charge in [-0.3, -0.25) is 4.79 Å². The van der Waals surface area contributed by atoms with E-state index < -0.39 is 15.9 Å². The van der Waals surface area contributed by atoms with Crippen LogP contribution in [0.5, 0.6) is 5.75 Å². The molecule has 0 radical (unpaired) electrons. The molecule has 0 saturated heterocycles. The van der Waals surface area contributed by atoms with E-state index in [4.69, 9.17) is 0 Å². The number of rotatable bonds is 6. The Morgan fingerprint density at radius 2 is 1.77 bits per heavy atom. The summed E-state index contributed by atoms with van der Waals surface area (Å²) in [4.78, 5) is 12.4. The highest BCUT2D eigenvalue weighted by atomic mass is 32.2. The van der Waals surface area contributed by atoms with Crippen molar-refractivity contribution in [1.82, 2.24) is 9.73 Å². The molecular weight excluding hydrogens is 354 g/mol. The summed E-state index contributed by atoms with van der Waals surface area (Å²) in [5, 5.41) is 13.5. The van der Waals surface area contributed by atoms with Crippen LogP contribution in [0.25, 0.3) is 0 Å². The van der Waals surface area contributed by atoms with Crippen LogP contribution in [0.15, 0.2) is 58.5 Å². The minimum atomic E-state index is -3.62. The van der Waals surface area contributed by atoms with Gasteiger partial charge in [0.05, 0.1) is 10.6 Å². The lowest BCUT2D eigenvalue weighted by Gasteiger charge is -2.12. The zero-order valence-electron chi connectivity index (χ0n) is 14.8. The first-order valence-electron chi connectivity index (χ1n) is 7.94. The molecule has 0 aliphatic rings. The monoisotopic (exact) mass is 375 g/mol. The molecule has 138 valence electrons. The number of aromatic hydroxyl groups is 1. The average molecular weight is 375 g/mol. The molecule has 2 aromatic carbocycles. The van der Waals surface area contributed by atoms with Gasteiger partial charge in [0.2, 0.25) is 10.0 Å². The second-order valence-electron chi connectivity index (χ2n) is 5.72. The molecule has 8 heteroatoms. The fourth-order valence-corrected chi connectivity index (χ4v) is 3.14. The molecule has 26 heavy (non-hydrogen) atoms. The van der Waals surface area contributed by atoms with Gasteiger partial charge in [-0.25, -0.2) is 18.1 Å². The number of carbonyl (C=O) groups excluding carboxylic acids is 1. The highest BCUT2D eigenvalue weighted by Gasteiger charge is 2.18. The number of nitrogens with zero attached hydrogens (tertiary/aromatic N) is 2. The normalized spacial score (nSPS) is 12.2. The van der Waals surface area contributed by atoms with Crippen molar-refractivity contribution in [3.63, 3.8) is 0 Å². The van der Waals surface area contributed by atoms with Crippen LogP contribution in [0.4, 0.5) is 0 Å². The van der Waals surface area contributed by atoms with Crippen LogP contribution in [0.3, 0.4) is 0 Å². The van der Waals surface area contributed by atoms with Crippen molar-refractivity contribution in [1.29, 1.82) is 0 Å². The van der Waals surface area contributed by atoms with E-state index in [1.807, 2.05) is 6.92 Å². The number of phenolic OH excluding ortho intramolecular Hbond substituents is 1. The number of nitrogens with one attached hydrogen (secondary N) is 1. The highest BCUT2D eigenvalue weighted by molar-refractivity contribution is 7.89. The fraction of sp³-hybridized carbons (Fsp3) is 0.222. The molecule has 7 nitrogen and oxygen atoms in total. The van der Waals surface area contributed by atoms with E-state index in [-0.39, 0.29) is 16.2 Å². The van der Waals surface area contributed by atoms with Crippen LogP contribution in [0.1, 0.15) is 29.3 Å². The summed E-state index contributed by atoms with van der Waals surface area (Å²) in [6, 6.07) is 12.3. The number of benzene rings is 2. The van der Waals surface area contributed by atoms with Crippen LogP contribution in [-0.4, -0.2) is 43.5 Å². The van der Waals surface area contributed by atoms with Gasteiger partial charge in [0.15, 0.2) is 0 Å². The third-order valence-electron chi connectivity index (χ3n) is 3.70. The quantitative estimate of drug-likeness (QED) is 0.597. The molecular formula is C18H21N3O4S. The van der Waals surface area contributed by atoms with Gasteiger partial charge in [-0.05, 0) is 54.4 Å². The van der Waals surface area contributed by atoms with E-state index in [9.17, 15) is 18.3 Å². The van der Waals surface area contributed by atoms with E-state index in [1.165, 1.54) is 50.5 Å². The van der Waals surface area contributed by atoms with Crippen molar-refractivity contribution in [3.8, 4) is 5.75 Å². The first kappa shape index (κ1) is 19.6. The van der Waals surface area contributed by atoms with Gasteiger partial charge in [0, 0.05) is 19.7 Å². The lowest BCUT2D eigenvalue weighted by molar-refractivity contribution is 0.0954. The number of phenols is 1. The molecule has 2 aromatic rings. The van der Waals surface area contributed by atoms with Gasteiger partial charge in [0.1, 0.15) is 5.75 Å². The number of carbonyl (C=O) groups is 1. The molecule has 0 aliphatic heterocycles. The SMILES string of the molecule is CC/C(=N\NC(=O)c1cccc(S(=O)(=O)N(C)C)c1)c1ccc(O)cc1. The van der Waals surface area contributed by atoms with Crippen LogP contribution in [0, 0.1) is 0 Å². The maximum atomic E-state index is 12.3. The molecule has 1 amide bonds. The molecule has 0 spiro atoms. The number of hydrogen-bond donors (Lipinski definition) is 2. The minimum Gasteiger partial charge on any atom is -0.508 e. The Morgan fingerprint density at radius 1 is 1.12 bits per heavy atom. The lowest BCUT2D eigenvalue weighted by atomic mass is 10.1. The molecule has 0 aliphatic carbocycles. The van der Waals surface area contributed by atoms with Crippen molar-refractivity contribution in [2.24, 2.45) is 5.10 Å². The van der Waals surface area contributed by atoms with E-state index >= 15 is 0 Å². The van der Waals surface area contributed by atoms with E-state index in [1.54, 1.807) is 12.1 Å². The number of amides is 1. The molecule has 0 fully saturated rings. The Balaban J connectivity index is 2.23. The molecule has 2 N–H and O–H groups in total. The second kappa shape index (κ2) is 8.11. The third kappa shape index (κ3) is 4.47. The second-order valence-corrected chi connectivity index (χ2v) is 7.87. The molecule has 2 rings (SSSR count). The first-order chi connectivity index (χ1) is 12.3. The van der Waals surface area contributed by atoms with Crippen LogP contribution < -0.4 is 5.43 Å². The van der Waals surface area contributed by atoms with Gasteiger partial charge < -0.3 is 5.11 Å². The largest absolute Gasteiger partial charge is 0.508 e. The van der Waals surface area contributed by atoms with Crippen molar-refractivity contribution >= 4 is 21.6 Å². The predicted molar refractivity (Wildman–Crippen MR) is 99.7 cm³/mol. The summed E-state index contributed by atoms with van der Waals surface area (Å²) in [7, 11) is -0.766. The van der Waals surface area contributed by atoms with Crippen LogP contribution in [0.2, 0.25) is 0 Å². The Morgan fingerprint density at radius 3 is 2.35 bits per heavy atom. The minimum absolute atomic E-state index is 0.0355. The zero-order chi connectivity index (χ0) is 19.3. The molecule has 0 unspecified atom stereocenters. The number of sulfonamides is 1. The molecule has 0 bridgehead atoms. The molecule has 0 atom stereocenters. The number of hydrogen-bond acceptors (Lipinski definition) is 5. The topological polar surface area (TPSA) is 99.1 Å². The number of hydrazone groups is 1. The standard InChI is InChI=1S/C18H21N3O4S/c1-4-17(13-8-10-15(22)11-9-13)19-20-18(23)14-6-5-7-16(12-14)26(24,25)21(2)3/h5-12,22H,4H2,1-3H3,(H,20,23)/b19-17+. The van der Waals surface area contributed by atoms with E-state index in [0.29, 0.717) is 12.1 Å². The van der Waals surface area contributed by atoms with E-state index in [0.717, 1.165) is 9.87 Å². The smallest absolute Gasteiger partial charge is 0.271 e. The van der Waals surface area contributed by atoms with Gasteiger partial charge in [-0.2, -0.15) is 5.10 Å². The highest BCUT2D eigenvalue weighted by Crippen LogP contribution is 2.15.